The Kier molecular flexibility index (Phi) is 7.43. The van der Waals surface area contributed by atoms with E-state index in [1.807, 2.05) is 68.4 Å². The van der Waals surface area contributed by atoms with E-state index in [4.69, 9.17) is 4.74 Å². The Labute approximate surface area is 211 Å². The van der Waals surface area contributed by atoms with Gasteiger partial charge in [0, 0.05) is 13.1 Å². The number of hydrogen-bond donors (Lipinski definition) is 2. The molecule has 188 valence electrons. The van der Waals surface area contributed by atoms with Gasteiger partial charge in [-0.05, 0) is 42.7 Å². The van der Waals surface area contributed by atoms with Crippen LogP contribution in [0.5, 0.6) is 11.5 Å². The molecule has 8 nitrogen and oxygen atoms in total. The molecule has 4 rings (SSSR count). The van der Waals surface area contributed by atoms with Gasteiger partial charge in [0.1, 0.15) is 17.5 Å². The second-order valence-electron chi connectivity index (χ2n) is 9.38. The van der Waals surface area contributed by atoms with Gasteiger partial charge < -0.3 is 20.3 Å². The number of benzene rings is 2. The summed E-state index contributed by atoms with van der Waals surface area (Å²) in [5, 5.41) is 5.87. The number of carbonyl (C=O) groups excluding carboxylic acids is 3. The number of amides is 4. The minimum atomic E-state index is -0.684. The highest BCUT2D eigenvalue weighted by Gasteiger charge is 2.46. The molecule has 0 saturated carbocycles. The second kappa shape index (κ2) is 10.7. The topological polar surface area (TPSA) is 91.0 Å². The van der Waals surface area contributed by atoms with Crippen molar-refractivity contribution >= 4 is 17.8 Å². The zero-order valence-corrected chi connectivity index (χ0v) is 20.9. The minimum Gasteiger partial charge on any atom is -0.457 e. The number of para-hydroxylation sites is 1. The van der Waals surface area contributed by atoms with Gasteiger partial charge >= 0.3 is 6.03 Å². The zero-order valence-electron chi connectivity index (χ0n) is 20.9. The van der Waals surface area contributed by atoms with E-state index in [1.54, 1.807) is 13.0 Å². The van der Waals surface area contributed by atoms with Crippen molar-refractivity contribution in [2.24, 2.45) is 5.92 Å². The van der Waals surface area contributed by atoms with Crippen molar-refractivity contribution < 1.29 is 19.1 Å². The van der Waals surface area contributed by atoms with Gasteiger partial charge in [0.15, 0.2) is 0 Å². The average Bonchev–Trinajstić information content (AvgIpc) is 3.21. The van der Waals surface area contributed by atoms with E-state index in [2.05, 4.69) is 17.2 Å². The Morgan fingerprint density at radius 2 is 1.86 bits per heavy atom. The lowest BCUT2D eigenvalue weighted by Gasteiger charge is -2.33. The first-order chi connectivity index (χ1) is 17.3. The van der Waals surface area contributed by atoms with Crippen LogP contribution in [-0.4, -0.2) is 53.3 Å². The largest absolute Gasteiger partial charge is 0.457 e. The third kappa shape index (κ3) is 5.12. The summed E-state index contributed by atoms with van der Waals surface area (Å²) in [6, 6.07) is 15.0. The molecule has 36 heavy (non-hydrogen) atoms. The van der Waals surface area contributed by atoms with Crippen LogP contribution in [0.2, 0.25) is 0 Å². The van der Waals surface area contributed by atoms with E-state index < -0.39 is 12.1 Å². The quantitative estimate of drug-likeness (QED) is 0.522. The highest BCUT2D eigenvalue weighted by Crippen LogP contribution is 2.38. The fraction of sp³-hybridized carbons (Fsp3) is 0.321. The zero-order chi connectivity index (χ0) is 25.8. The normalized spacial score (nSPS) is 18.2. The highest BCUT2D eigenvalue weighted by atomic mass is 16.5. The Balaban J connectivity index is 1.65. The summed E-state index contributed by atoms with van der Waals surface area (Å²) in [6.07, 6.45) is 1.62. The Bertz CT molecular complexity index is 1190. The van der Waals surface area contributed by atoms with E-state index in [1.165, 1.54) is 9.80 Å². The van der Waals surface area contributed by atoms with Crippen molar-refractivity contribution in [3.8, 4) is 11.5 Å². The first-order valence-corrected chi connectivity index (χ1v) is 12.1. The number of urea groups is 1. The molecule has 0 fully saturated rings. The number of nitrogens with one attached hydrogen (secondary N) is 2. The maximum atomic E-state index is 13.7. The van der Waals surface area contributed by atoms with E-state index in [9.17, 15) is 14.4 Å². The van der Waals surface area contributed by atoms with Crippen molar-refractivity contribution in [1.29, 1.82) is 0 Å². The molecule has 2 atom stereocenters. The van der Waals surface area contributed by atoms with Crippen LogP contribution in [0.4, 0.5) is 4.79 Å². The van der Waals surface area contributed by atoms with Crippen molar-refractivity contribution in [2.75, 3.05) is 19.6 Å². The molecule has 2 N–H and O–H groups in total. The summed E-state index contributed by atoms with van der Waals surface area (Å²) >= 11 is 0. The van der Waals surface area contributed by atoms with E-state index >= 15 is 0 Å². The predicted octanol–water partition coefficient (Wildman–Crippen LogP) is 3.99. The molecule has 0 saturated heterocycles. The molecular formula is C28H32N4O4. The summed E-state index contributed by atoms with van der Waals surface area (Å²) in [5.74, 6) is 1.07. The van der Waals surface area contributed by atoms with Crippen LogP contribution < -0.4 is 15.4 Å². The lowest BCUT2D eigenvalue weighted by molar-refractivity contribution is -0.135. The molecule has 0 aliphatic carbocycles. The molecule has 2 aromatic rings. The van der Waals surface area contributed by atoms with Gasteiger partial charge in [-0.3, -0.25) is 14.5 Å². The van der Waals surface area contributed by atoms with Gasteiger partial charge in [-0.25, -0.2) is 4.79 Å². The fourth-order valence-corrected chi connectivity index (χ4v) is 4.37. The van der Waals surface area contributed by atoms with Crippen LogP contribution in [-0.2, 0) is 9.59 Å². The molecule has 0 radical (unpaired) electrons. The van der Waals surface area contributed by atoms with Gasteiger partial charge in [0.2, 0.25) is 5.91 Å². The van der Waals surface area contributed by atoms with Crippen molar-refractivity contribution in [2.45, 2.75) is 32.9 Å². The summed E-state index contributed by atoms with van der Waals surface area (Å²) < 4.78 is 5.97. The Morgan fingerprint density at radius 3 is 2.56 bits per heavy atom. The van der Waals surface area contributed by atoms with E-state index in [-0.39, 0.29) is 30.9 Å². The Morgan fingerprint density at radius 1 is 1.14 bits per heavy atom. The minimum absolute atomic E-state index is 0.169. The summed E-state index contributed by atoms with van der Waals surface area (Å²) in [6.45, 7) is 10.4. The van der Waals surface area contributed by atoms with Crippen LogP contribution in [0, 0.1) is 5.92 Å². The van der Waals surface area contributed by atoms with Gasteiger partial charge in [-0.1, -0.05) is 50.3 Å². The maximum absolute atomic E-state index is 13.7. The molecule has 0 aromatic heterocycles. The number of rotatable bonds is 9. The molecule has 0 bridgehead atoms. The molecule has 4 amide bonds. The molecule has 8 heteroatoms. The second-order valence-corrected chi connectivity index (χ2v) is 9.38. The van der Waals surface area contributed by atoms with Crippen LogP contribution in [0.1, 0.15) is 32.4 Å². The van der Waals surface area contributed by atoms with Gasteiger partial charge in [0.05, 0.1) is 23.9 Å². The van der Waals surface area contributed by atoms with Crippen LogP contribution in [0.3, 0.4) is 0 Å². The van der Waals surface area contributed by atoms with E-state index in [0.717, 1.165) is 5.56 Å². The maximum Gasteiger partial charge on any atom is 0.322 e. The first kappa shape index (κ1) is 25.0. The molecule has 2 aliphatic rings. The average molecular weight is 489 g/mol. The number of nitrogens with zero attached hydrogens (tertiary/aromatic N) is 2. The van der Waals surface area contributed by atoms with Gasteiger partial charge in [0.25, 0.3) is 5.91 Å². The van der Waals surface area contributed by atoms with E-state index in [0.29, 0.717) is 35.2 Å². The summed E-state index contributed by atoms with van der Waals surface area (Å²) in [4.78, 5) is 42.6. The van der Waals surface area contributed by atoms with Crippen LogP contribution >= 0.6 is 0 Å². The molecule has 0 unspecified atom stereocenters. The standard InChI is InChI=1S/C28H32N4O4/c1-5-14-31-23-17-32(19(4)26(33)29-16-18(2)3)27(34)24(23)25(30-28(31)35)20-10-9-13-22(15-20)36-21-11-7-6-8-12-21/h5-13,15,18-19,25H,1,14,16-17H2,2-4H3,(H,29,33)(H,30,35)/t19-,25+/m1/s1. The predicted molar refractivity (Wildman–Crippen MR) is 137 cm³/mol. The fourth-order valence-electron chi connectivity index (χ4n) is 4.37. The van der Waals surface area contributed by atoms with Crippen LogP contribution in [0.15, 0.2) is 78.5 Å². The number of hydrogen-bond acceptors (Lipinski definition) is 4. The van der Waals surface area contributed by atoms with Gasteiger partial charge in [-0.2, -0.15) is 0 Å². The molecule has 2 aliphatic heterocycles. The molecule has 2 aromatic carbocycles. The monoisotopic (exact) mass is 488 g/mol. The highest BCUT2D eigenvalue weighted by molar-refractivity contribution is 6.03. The lowest BCUT2D eigenvalue weighted by Crippen LogP contribution is -2.47. The third-order valence-electron chi connectivity index (χ3n) is 6.26. The SMILES string of the molecule is C=CCN1C(=O)N[C@@H](c2cccc(Oc3ccccc3)c2)C2=C1CN([C@H](C)C(=O)NCC(C)C)C2=O. The van der Waals surface area contributed by atoms with Gasteiger partial charge in [-0.15, -0.1) is 6.58 Å². The summed E-state index contributed by atoms with van der Waals surface area (Å²) in [7, 11) is 0. The third-order valence-corrected chi connectivity index (χ3v) is 6.26. The smallest absolute Gasteiger partial charge is 0.322 e. The molecule has 2 heterocycles. The first-order valence-electron chi connectivity index (χ1n) is 12.1. The Hall–Kier alpha value is -4.07. The van der Waals surface area contributed by atoms with Crippen molar-refractivity contribution in [3.63, 3.8) is 0 Å². The number of ether oxygens (including phenoxy) is 1. The van der Waals surface area contributed by atoms with Crippen molar-refractivity contribution in [1.82, 2.24) is 20.4 Å². The molecule has 0 spiro atoms. The lowest BCUT2D eigenvalue weighted by atomic mass is 9.95. The summed E-state index contributed by atoms with van der Waals surface area (Å²) in [5.41, 5.74) is 1.76. The molecular weight excluding hydrogens is 456 g/mol. The van der Waals surface area contributed by atoms with Crippen molar-refractivity contribution in [3.05, 3.63) is 84.1 Å². The van der Waals surface area contributed by atoms with Crippen LogP contribution in [0.25, 0.3) is 0 Å². The number of carbonyl (C=O) groups is 3.